The molecule has 1 aliphatic carbocycles. The highest BCUT2D eigenvalue weighted by molar-refractivity contribution is 5.79. The van der Waals surface area contributed by atoms with Crippen LogP contribution >= 0.6 is 0 Å². The Balaban J connectivity index is 2.34. The van der Waals surface area contributed by atoms with Gasteiger partial charge < -0.3 is 5.11 Å². The minimum Gasteiger partial charge on any atom is -0.395 e. The van der Waals surface area contributed by atoms with Crippen LogP contribution in [0.25, 0.3) is 11.1 Å². The van der Waals surface area contributed by atoms with Gasteiger partial charge in [-0.1, -0.05) is 42.5 Å². The second-order valence-electron chi connectivity index (χ2n) is 4.36. The molecule has 0 saturated heterocycles. The molecular formula is C15H14O. The van der Waals surface area contributed by atoms with Crippen LogP contribution in [0, 0.1) is 6.92 Å². The van der Waals surface area contributed by atoms with Crippen LogP contribution in [-0.2, 0) is 0 Å². The minimum absolute atomic E-state index is 0.160. The highest BCUT2D eigenvalue weighted by Crippen LogP contribution is 2.45. The summed E-state index contributed by atoms with van der Waals surface area (Å²) in [6, 6.07) is 14.7. The maximum absolute atomic E-state index is 9.58. The van der Waals surface area contributed by atoms with E-state index in [4.69, 9.17) is 0 Å². The molecule has 0 heterocycles. The van der Waals surface area contributed by atoms with E-state index in [0.717, 1.165) is 0 Å². The Hall–Kier alpha value is -1.60. The zero-order chi connectivity index (χ0) is 11.1. The zero-order valence-electron chi connectivity index (χ0n) is 9.27. The molecule has 1 atom stereocenters. The lowest BCUT2D eigenvalue weighted by atomic mass is 9.94. The van der Waals surface area contributed by atoms with Gasteiger partial charge in [0.2, 0.25) is 0 Å². The summed E-state index contributed by atoms with van der Waals surface area (Å²) in [5, 5.41) is 9.58. The van der Waals surface area contributed by atoms with Crippen LogP contribution in [0.5, 0.6) is 0 Å². The molecule has 2 aromatic rings. The summed E-state index contributed by atoms with van der Waals surface area (Å²) in [7, 11) is 0. The van der Waals surface area contributed by atoms with Gasteiger partial charge in [0.1, 0.15) is 0 Å². The van der Waals surface area contributed by atoms with Crippen LogP contribution in [0.3, 0.4) is 0 Å². The summed E-state index contributed by atoms with van der Waals surface area (Å²) in [5.41, 5.74) is 6.39. The Bertz CT molecular complexity index is 543. The molecule has 1 aliphatic rings. The summed E-state index contributed by atoms with van der Waals surface area (Å²) >= 11 is 0. The third-order valence-electron chi connectivity index (χ3n) is 3.48. The fraction of sp³-hybridized carbons (Fsp3) is 0.200. The van der Waals surface area contributed by atoms with E-state index in [2.05, 4.69) is 43.3 Å². The Morgan fingerprint density at radius 2 is 1.75 bits per heavy atom. The molecule has 1 unspecified atom stereocenters. The average molecular weight is 210 g/mol. The predicted molar refractivity (Wildman–Crippen MR) is 65.5 cm³/mol. The summed E-state index contributed by atoms with van der Waals surface area (Å²) in [6.45, 7) is 2.31. The van der Waals surface area contributed by atoms with E-state index in [1.54, 1.807) is 0 Å². The topological polar surface area (TPSA) is 20.2 Å². The summed E-state index contributed by atoms with van der Waals surface area (Å²) in [4.78, 5) is 0. The van der Waals surface area contributed by atoms with Gasteiger partial charge >= 0.3 is 0 Å². The van der Waals surface area contributed by atoms with E-state index in [0.29, 0.717) is 0 Å². The number of hydrogen-bond donors (Lipinski definition) is 1. The summed E-state index contributed by atoms with van der Waals surface area (Å²) in [5.74, 6) is 0.160. The first-order valence-corrected chi connectivity index (χ1v) is 5.62. The van der Waals surface area contributed by atoms with Crippen molar-refractivity contribution in [2.24, 2.45) is 0 Å². The fourth-order valence-corrected chi connectivity index (χ4v) is 2.77. The van der Waals surface area contributed by atoms with Crippen LogP contribution in [0.2, 0.25) is 0 Å². The molecule has 1 nitrogen and oxygen atoms in total. The van der Waals surface area contributed by atoms with Crippen molar-refractivity contribution in [2.75, 3.05) is 6.61 Å². The van der Waals surface area contributed by atoms with Crippen molar-refractivity contribution in [3.05, 3.63) is 59.2 Å². The molecule has 0 bridgehead atoms. The van der Waals surface area contributed by atoms with E-state index in [1.807, 2.05) is 6.07 Å². The van der Waals surface area contributed by atoms with Crippen molar-refractivity contribution >= 4 is 0 Å². The first kappa shape index (κ1) is 9.61. The monoisotopic (exact) mass is 210 g/mol. The van der Waals surface area contributed by atoms with Crippen LogP contribution in [0.4, 0.5) is 0 Å². The SMILES string of the molecule is Cc1cccc2c1C(CO)c1ccccc1-2. The molecule has 3 rings (SSSR count). The van der Waals surface area contributed by atoms with Crippen LogP contribution < -0.4 is 0 Å². The molecule has 0 amide bonds. The molecule has 0 spiro atoms. The molecule has 0 aromatic heterocycles. The van der Waals surface area contributed by atoms with Gasteiger partial charge in [0.05, 0.1) is 6.61 Å². The quantitative estimate of drug-likeness (QED) is 0.766. The van der Waals surface area contributed by atoms with Crippen LogP contribution in [0.1, 0.15) is 22.6 Å². The Morgan fingerprint density at radius 3 is 2.56 bits per heavy atom. The van der Waals surface area contributed by atoms with Crippen molar-refractivity contribution < 1.29 is 5.11 Å². The smallest absolute Gasteiger partial charge is 0.0541 e. The maximum Gasteiger partial charge on any atom is 0.0541 e. The molecule has 0 fully saturated rings. The van der Waals surface area contributed by atoms with Gasteiger partial charge in [0.25, 0.3) is 0 Å². The number of hydrogen-bond acceptors (Lipinski definition) is 1. The molecule has 0 aliphatic heterocycles. The lowest BCUT2D eigenvalue weighted by Gasteiger charge is -2.11. The van der Waals surface area contributed by atoms with E-state index < -0.39 is 0 Å². The standard InChI is InChI=1S/C15H14O/c1-10-5-4-8-13-11-6-2-3-7-12(11)14(9-16)15(10)13/h2-8,14,16H,9H2,1H3. The van der Waals surface area contributed by atoms with Gasteiger partial charge in [-0.25, -0.2) is 0 Å². The van der Waals surface area contributed by atoms with Gasteiger partial charge in [-0.2, -0.15) is 0 Å². The van der Waals surface area contributed by atoms with Crippen molar-refractivity contribution in [3.8, 4) is 11.1 Å². The van der Waals surface area contributed by atoms with Gasteiger partial charge in [-0.3, -0.25) is 0 Å². The normalized spacial score (nSPS) is 17.0. The number of aliphatic hydroxyl groups excluding tert-OH is 1. The molecular weight excluding hydrogens is 196 g/mol. The number of aryl methyl sites for hydroxylation is 1. The highest BCUT2D eigenvalue weighted by atomic mass is 16.3. The van der Waals surface area contributed by atoms with E-state index in [9.17, 15) is 5.11 Å². The summed E-state index contributed by atoms with van der Waals surface area (Å²) in [6.07, 6.45) is 0. The van der Waals surface area contributed by atoms with Crippen LogP contribution in [-0.4, -0.2) is 11.7 Å². The van der Waals surface area contributed by atoms with Crippen molar-refractivity contribution in [2.45, 2.75) is 12.8 Å². The molecule has 2 aromatic carbocycles. The van der Waals surface area contributed by atoms with Crippen molar-refractivity contribution in [3.63, 3.8) is 0 Å². The lowest BCUT2D eigenvalue weighted by molar-refractivity contribution is 0.282. The molecule has 0 saturated carbocycles. The number of rotatable bonds is 1. The highest BCUT2D eigenvalue weighted by Gasteiger charge is 2.28. The second-order valence-corrected chi connectivity index (χ2v) is 4.36. The number of aliphatic hydroxyl groups is 1. The van der Waals surface area contributed by atoms with Crippen LogP contribution in [0.15, 0.2) is 42.5 Å². The first-order valence-electron chi connectivity index (χ1n) is 5.62. The lowest BCUT2D eigenvalue weighted by Crippen LogP contribution is -2.03. The summed E-state index contributed by atoms with van der Waals surface area (Å²) < 4.78 is 0. The molecule has 0 radical (unpaired) electrons. The van der Waals surface area contributed by atoms with Gasteiger partial charge in [-0.15, -0.1) is 0 Å². The fourth-order valence-electron chi connectivity index (χ4n) is 2.77. The largest absolute Gasteiger partial charge is 0.395 e. The van der Waals surface area contributed by atoms with Crippen molar-refractivity contribution in [1.29, 1.82) is 0 Å². The third-order valence-corrected chi connectivity index (χ3v) is 3.48. The molecule has 1 heteroatoms. The van der Waals surface area contributed by atoms with Gasteiger partial charge in [0.15, 0.2) is 0 Å². The second kappa shape index (κ2) is 3.46. The average Bonchev–Trinajstić information content (AvgIpc) is 2.65. The third kappa shape index (κ3) is 1.15. The number of benzene rings is 2. The Labute approximate surface area is 95.4 Å². The first-order chi connectivity index (χ1) is 7.83. The molecule has 16 heavy (non-hydrogen) atoms. The zero-order valence-corrected chi connectivity index (χ0v) is 9.27. The van der Waals surface area contributed by atoms with Gasteiger partial charge in [-0.05, 0) is 34.7 Å². The maximum atomic E-state index is 9.58. The number of fused-ring (bicyclic) bond motifs is 3. The van der Waals surface area contributed by atoms with E-state index in [-0.39, 0.29) is 12.5 Å². The predicted octanol–water partition coefficient (Wildman–Crippen LogP) is 3.10. The molecule has 1 N–H and O–H groups in total. The van der Waals surface area contributed by atoms with Crippen molar-refractivity contribution in [1.82, 2.24) is 0 Å². The molecule has 80 valence electrons. The Morgan fingerprint density at radius 1 is 1.00 bits per heavy atom. The van der Waals surface area contributed by atoms with Gasteiger partial charge in [0, 0.05) is 5.92 Å². The minimum atomic E-state index is 0.160. The Kier molecular flexibility index (Phi) is 2.08. The van der Waals surface area contributed by atoms with E-state index in [1.165, 1.54) is 27.8 Å². The van der Waals surface area contributed by atoms with E-state index >= 15 is 0 Å².